The summed E-state index contributed by atoms with van der Waals surface area (Å²) in [7, 11) is -4.44. The quantitative estimate of drug-likeness (QED) is 0.637. The lowest BCUT2D eigenvalue weighted by Crippen LogP contribution is -2.36. The van der Waals surface area contributed by atoms with Gasteiger partial charge in [-0.15, -0.1) is 0 Å². The van der Waals surface area contributed by atoms with E-state index >= 15 is 0 Å². The maximum absolute atomic E-state index is 11.6. The van der Waals surface area contributed by atoms with Crippen LogP contribution in [0.2, 0.25) is 0 Å². The summed E-state index contributed by atoms with van der Waals surface area (Å²) in [6.45, 7) is 4.81. The Bertz CT molecular complexity index is 566. The fourth-order valence-corrected chi connectivity index (χ4v) is 2.46. The molecule has 0 aliphatic carbocycles. The molecule has 1 rings (SSSR count). The number of carbonyl (C=O) groups excluding carboxylic acids is 1. The van der Waals surface area contributed by atoms with Crippen LogP contribution in [-0.4, -0.2) is 24.9 Å². The zero-order valence-corrected chi connectivity index (χ0v) is 11.2. The average molecular weight is 272 g/mol. The Kier molecular flexibility index (Phi) is 3.98. The molecule has 0 fully saturated rings. The van der Waals surface area contributed by atoms with Gasteiger partial charge in [0.2, 0.25) is 5.91 Å². The van der Waals surface area contributed by atoms with Crippen LogP contribution in [0.1, 0.15) is 20.8 Å². The van der Waals surface area contributed by atoms with Crippen LogP contribution in [0.3, 0.4) is 0 Å². The minimum absolute atomic E-state index is 0.120. The van der Waals surface area contributed by atoms with E-state index < -0.39 is 10.1 Å². The highest BCUT2D eigenvalue weighted by molar-refractivity contribution is 7.86. The summed E-state index contributed by atoms with van der Waals surface area (Å²) in [5.41, 5.74) is 5.81. The molecule has 0 saturated carbocycles. The lowest BCUT2D eigenvalue weighted by molar-refractivity contribution is -0.116. The lowest BCUT2D eigenvalue weighted by atomic mass is 10.2. The largest absolute Gasteiger partial charge is 0.399 e. The van der Waals surface area contributed by atoms with Gasteiger partial charge in [0.15, 0.2) is 0 Å². The van der Waals surface area contributed by atoms with Crippen molar-refractivity contribution in [3.63, 3.8) is 0 Å². The van der Waals surface area contributed by atoms with Crippen molar-refractivity contribution >= 4 is 27.4 Å². The van der Waals surface area contributed by atoms with E-state index in [9.17, 15) is 17.8 Å². The molecule has 0 spiro atoms. The second-order valence-corrected chi connectivity index (χ2v) is 5.57. The first-order valence-electron chi connectivity index (χ1n) is 5.31. The minimum atomic E-state index is -4.44. The van der Waals surface area contributed by atoms with Gasteiger partial charge in [-0.2, -0.15) is 8.42 Å². The van der Waals surface area contributed by atoms with Crippen molar-refractivity contribution in [1.82, 2.24) is 0 Å². The predicted octanol–water partition coefficient (Wildman–Crippen LogP) is 1.28. The Hall–Kier alpha value is -1.60. The van der Waals surface area contributed by atoms with Gasteiger partial charge in [0, 0.05) is 18.7 Å². The van der Waals surface area contributed by atoms with E-state index in [1.807, 2.05) is 0 Å². The highest BCUT2D eigenvalue weighted by Gasteiger charge is 2.24. The normalized spacial score (nSPS) is 11.6. The number of carbonyl (C=O) groups is 1. The summed E-state index contributed by atoms with van der Waals surface area (Å²) >= 11 is 0. The number of nitrogens with two attached hydrogens (primary N) is 1. The Morgan fingerprint density at radius 1 is 1.39 bits per heavy atom. The number of anilines is 2. The van der Waals surface area contributed by atoms with Crippen LogP contribution in [0.15, 0.2) is 23.1 Å². The lowest BCUT2D eigenvalue weighted by Gasteiger charge is -2.27. The van der Waals surface area contributed by atoms with Gasteiger partial charge in [-0.25, -0.2) is 0 Å². The van der Waals surface area contributed by atoms with Crippen LogP contribution in [0.25, 0.3) is 0 Å². The summed E-state index contributed by atoms with van der Waals surface area (Å²) in [6.07, 6.45) is 0. The molecular weight excluding hydrogens is 256 g/mol. The van der Waals surface area contributed by atoms with Gasteiger partial charge in [0.25, 0.3) is 10.1 Å². The molecule has 0 bridgehead atoms. The maximum Gasteiger partial charge on any atom is 0.296 e. The Morgan fingerprint density at radius 2 is 1.94 bits per heavy atom. The van der Waals surface area contributed by atoms with Crippen LogP contribution in [0.5, 0.6) is 0 Å². The molecule has 0 saturated heterocycles. The third kappa shape index (κ3) is 2.99. The molecule has 7 heteroatoms. The van der Waals surface area contributed by atoms with E-state index in [-0.39, 0.29) is 28.2 Å². The topological polar surface area (TPSA) is 101 Å². The zero-order chi connectivity index (χ0) is 14.1. The SMILES string of the molecule is CC(=O)N(c1ccc(N)cc1S(=O)(=O)O)C(C)C. The van der Waals surface area contributed by atoms with Gasteiger partial charge in [-0.05, 0) is 32.0 Å². The molecule has 1 amide bonds. The molecule has 1 aromatic rings. The fraction of sp³-hybridized carbons (Fsp3) is 0.364. The monoisotopic (exact) mass is 272 g/mol. The maximum atomic E-state index is 11.6. The number of rotatable bonds is 3. The van der Waals surface area contributed by atoms with Crippen LogP contribution < -0.4 is 10.6 Å². The standard InChI is InChI=1S/C11H16N2O4S/c1-7(2)13(8(3)14)10-5-4-9(12)6-11(10)18(15,16)17/h4-7H,12H2,1-3H3,(H,15,16,17). The highest BCUT2D eigenvalue weighted by atomic mass is 32.2. The average Bonchev–Trinajstić information content (AvgIpc) is 2.17. The summed E-state index contributed by atoms with van der Waals surface area (Å²) in [5.74, 6) is -0.320. The van der Waals surface area contributed by atoms with Crippen molar-refractivity contribution in [2.45, 2.75) is 31.7 Å². The molecule has 0 aromatic heterocycles. The molecule has 6 nitrogen and oxygen atoms in total. The van der Waals surface area contributed by atoms with Crippen molar-refractivity contribution in [3.05, 3.63) is 18.2 Å². The van der Waals surface area contributed by atoms with E-state index in [1.54, 1.807) is 13.8 Å². The van der Waals surface area contributed by atoms with Gasteiger partial charge in [-0.1, -0.05) is 0 Å². The molecule has 0 aliphatic rings. The number of benzene rings is 1. The first-order chi connectivity index (χ1) is 8.14. The Labute approximate surface area is 106 Å². The first-order valence-corrected chi connectivity index (χ1v) is 6.75. The van der Waals surface area contributed by atoms with Crippen molar-refractivity contribution in [3.8, 4) is 0 Å². The number of hydrogen-bond donors (Lipinski definition) is 2. The van der Waals surface area contributed by atoms with Crippen LogP contribution >= 0.6 is 0 Å². The summed E-state index contributed by atoms with van der Waals surface area (Å²) in [4.78, 5) is 12.5. The first kappa shape index (κ1) is 14.5. The summed E-state index contributed by atoms with van der Waals surface area (Å²) < 4.78 is 31.8. The van der Waals surface area contributed by atoms with Crippen molar-refractivity contribution < 1.29 is 17.8 Å². The van der Waals surface area contributed by atoms with E-state index in [1.165, 1.54) is 24.0 Å². The van der Waals surface area contributed by atoms with Gasteiger partial charge in [0.05, 0.1) is 5.69 Å². The van der Waals surface area contributed by atoms with Gasteiger partial charge in [0.1, 0.15) is 4.90 Å². The van der Waals surface area contributed by atoms with Crippen molar-refractivity contribution in [1.29, 1.82) is 0 Å². The van der Waals surface area contributed by atoms with E-state index in [0.717, 1.165) is 6.07 Å². The van der Waals surface area contributed by atoms with E-state index in [2.05, 4.69) is 0 Å². The zero-order valence-electron chi connectivity index (χ0n) is 10.4. The van der Waals surface area contributed by atoms with Crippen molar-refractivity contribution in [2.75, 3.05) is 10.6 Å². The van der Waals surface area contributed by atoms with Gasteiger partial charge < -0.3 is 10.6 Å². The molecule has 0 unspecified atom stereocenters. The number of hydrogen-bond acceptors (Lipinski definition) is 4. The third-order valence-corrected chi connectivity index (χ3v) is 3.26. The van der Waals surface area contributed by atoms with Gasteiger partial charge >= 0.3 is 0 Å². The van der Waals surface area contributed by atoms with Crippen molar-refractivity contribution in [2.24, 2.45) is 0 Å². The van der Waals surface area contributed by atoms with Crippen LogP contribution in [0, 0.1) is 0 Å². The summed E-state index contributed by atoms with van der Waals surface area (Å²) in [5, 5.41) is 0. The number of nitrogens with zero attached hydrogens (tertiary/aromatic N) is 1. The Morgan fingerprint density at radius 3 is 2.33 bits per heavy atom. The molecule has 0 atom stereocenters. The predicted molar refractivity (Wildman–Crippen MR) is 69.0 cm³/mol. The molecule has 0 heterocycles. The van der Waals surface area contributed by atoms with Gasteiger partial charge in [-0.3, -0.25) is 9.35 Å². The molecule has 0 radical (unpaired) electrons. The third-order valence-electron chi connectivity index (χ3n) is 2.38. The summed E-state index contributed by atoms with van der Waals surface area (Å²) in [6, 6.07) is 3.76. The molecule has 3 N–H and O–H groups in total. The van der Waals surface area contributed by atoms with Crippen LogP contribution in [0.4, 0.5) is 11.4 Å². The molecule has 18 heavy (non-hydrogen) atoms. The fourth-order valence-electron chi connectivity index (χ4n) is 1.75. The highest BCUT2D eigenvalue weighted by Crippen LogP contribution is 2.28. The molecular formula is C11H16N2O4S. The van der Waals surface area contributed by atoms with E-state index in [4.69, 9.17) is 5.73 Å². The minimum Gasteiger partial charge on any atom is -0.399 e. The van der Waals surface area contributed by atoms with E-state index in [0.29, 0.717) is 0 Å². The number of nitrogen functional groups attached to an aromatic ring is 1. The second kappa shape index (κ2) is 4.95. The molecule has 1 aromatic carbocycles. The second-order valence-electron chi connectivity index (χ2n) is 4.18. The molecule has 100 valence electrons. The van der Waals surface area contributed by atoms with Crippen LogP contribution in [-0.2, 0) is 14.9 Å². The smallest absolute Gasteiger partial charge is 0.296 e. The molecule has 0 aliphatic heterocycles. The Balaban J connectivity index is 3.54. The number of amides is 1.